The molecule has 0 atom stereocenters. The Kier molecular flexibility index (Phi) is 7.80. The molecule has 3 rings (SSSR count). The molecule has 1 amide bonds. The van der Waals surface area contributed by atoms with Crippen LogP contribution in [0.4, 0.5) is 15.8 Å². The van der Waals surface area contributed by atoms with Gasteiger partial charge in [-0.3, -0.25) is 4.79 Å². The maximum absolute atomic E-state index is 13.2. The Balaban J connectivity index is 1.86. The zero-order valence-corrected chi connectivity index (χ0v) is 17.2. The predicted molar refractivity (Wildman–Crippen MR) is 115 cm³/mol. The number of rotatable bonds is 12. The molecule has 0 aliphatic carbocycles. The van der Waals surface area contributed by atoms with Gasteiger partial charge in [0.15, 0.2) is 0 Å². The van der Waals surface area contributed by atoms with Crippen molar-refractivity contribution in [3.8, 4) is 5.75 Å². The average molecular weight is 430 g/mol. The van der Waals surface area contributed by atoms with E-state index in [-0.39, 0.29) is 17.3 Å². The van der Waals surface area contributed by atoms with Gasteiger partial charge in [0.2, 0.25) is 5.91 Å². The molecular formula is C22H27FN4O4. The number of nitrogens with one attached hydrogen (secondary N) is 1. The number of ether oxygens (including phenoxy) is 2. The summed E-state index contributed by atoms with van der Waals surface area (Å²) >= 11 is 0. The molecule has 0 radical (unpaired) electrons. The Labute approximate surface area is 180 Å². The van der Waals surface area contributed by atoms with E-state index in [1.54, 1.807) is 23.2 Å². The third-order valence-electron chi connectivity index (χ3n) is 4.93. The SMILES string of the molecule is NC(=O)c1cc(N)c(N(CCCC=O)NCc2ccc(F)cc2)c(OCC2COC2)c1. The molecule has 1 heterocycles. The number of primary amides is 1. The predicted octanol–water partition coefficient (Wildman–Crippen LogP) is 2.02. The lowest BCUT2D eigenvalue weighted by molar-refractivity contribution is -0.107. The molecule has 0 unspecified atom stereocenters. The van der Waals surface area contributed by atoms with E-state index in [0.29, 0.717) is 62.9 Å². The number of nitrogens with two attached hydrogens (primary N) is 2. The number of hydrogen-bond acceptors (Lipinski definition) is 7. The molecule has 1 fully saturated rings. The quantitative estimate of drug-likeness (QED) is 0.204. The first-order chi connectivity index (χ1) is 15.0. The second kappa shape index (κ2) is 10.7. The lowest BCUT2D eigenvalue weighted by Gasteiger charge is -2.31. The van der Waals surface area contributed by atoms with E-state index in [1.165, 1.54) is 18.2 Å². The molecule has 1 aliphatic rings. The van der Waals surface area contributed by atoms with Crippen LogP contribution in [0.1, 0.15) is 28.8 Å². The second-order valence-corrected chi connectivity index (χ2v) is 7.41. The smallest absolute Gasteiger partial charge is 0.248 e. The maximum atomic E-state index is 13.2. The molecule has 31 heavy (non-hydrogen) atoms. The normalized spacial score (nSPS) is 13.5. The van der Waals surface area contributed by atoms with Gasteiger partial charge in [0, 0.05) is 31.0 Å². The third-order valence-corrected chi connectivity index (χ3v) is 4.93. The van der Waals surface area contributed by atoms with Crippen LogP contribution < -0.4 is 26.6 Å². The Hall–Kier alpha value is -3.17. The van der Waals surface area contributed by atoms with Gasteiger partial charge in [0.1, 0.15) is 23.5 Å². The van der Waals surface area contributed by atoms with Gasteiger partial charge < -0.3 is 30.7 Å². The van der Waals surface area contributed by atoms with Gasteiger partial charge in [-0.1, -0.05) is 12.1 Å². The van der Waals surface area contributed by atoms with Gasteiger partial charge in [-0.25, -0.2) is 9.82 Å². The Morgan fingerprint density at radius 1 is 1.29 bits per heavy atom. The largest absolute Gasteiger partial charge is 0.491 e. The number of unbranched alkanes of at least 4 members (excludes halogenated alkanes) is 1. The highest BCUT2D eigenvalue weighted by atomic mass is 19.1. The highest BCUT2D eigenvalue weighted by Gasteiger charge is 2.23. The number of hydrazine groups is 1. The molecule has 9 heteroatoms. The molecule has 2 aromatic rings. The highest BCUT2D eigenvalue weighted by Crippen LogP contribution is 2.36. The fourth-order valence-electron chi connectivity index (χ4n) is 3.15. The maximum Gasteiger partial charge on any atom is 0.248 e. The van der Waals surface area contributed by atoms with Crippen molar-refractivity contribution >= 4 is 23.6 Å². The minimum atomic E-state index is -0.609. The number of halogens is 1. The van der Waals surface area contributed by atoms with Crippen LogP contribution in [0.25, 0.3) is 0 Å². The molecular weight excluding hydrogens is 403 g/mol. The molecule has 0 spiro atoms. The molecule has 2 aromatic carbocycles. The molecule has 0 aromatic heterocycles. The van der Waals surface area contributed by atoms with E-state index in [1.807, 2.05) is 0 Å². The first-order valence-corrected chi connectivity index (χ1v) is 10.1. The van der Waals surface area contributed by atoms with Gasteiger partial charge >= 0.3 is 0 Å². The third kappa shape index (κ3) is 6.16. The van der Waals surface area contributed by atoms with Crippen molar-refractivity contribution in [2.45, 2.75) is 19.4 Å². The summed E-state index contributed by atoms with van der Waals surface area (Å²) in [7, 11) is 0. The van der Waals surface area contributed by atoms with Crippen molar-refractivity contribution in [3.05, 3.63) is 53.3 Å². The minimum absolute atomic E-state index is 0.243. The van der Waals surface area contributed by atoms with Gasteiger partial charge in [-0.05, 0) is 36.2 Å². The Morgan fingerprint density at radius 3 is 2.65 bits per heavy atom. The van der Waals surface area contributed by atoms with Crippen LogP contribution in [-0.4, -0.2) is 38.6 Å². The molecule has 8 nitrogen and oxygen atoms in total. The van der Waals surface area contributed by atoms with Crippen LogP contribution in [0.15, 0.2) is 36.4 Å². The number of nitrogen functional groups attached to an aromatic ring is 1. The van der Waals surface area contributed by atoms with Crippen molar-refractivity contribution in [2.75, 3.05) is 37.1 Å². The van der Waals surface area contributed by atoms with E-state index >= 15 is 0 Å². The number of carbonyl (C=O) groups is 2. The summed E-state index contributed by atoms with van der Waals surface area (Å²) in [5, 5.41) is 1.79. The number of amides is 1. The van der Waals surface area contributed by atoms with Crippen LogP contribution in [0.3, 0.4) is 0 Å². The van der Waals surface area contributed by atoms with Gasteiger partial charge in [-0.15, -0.1) is 0 Å². The van der Waals surface area contributed by atoms with Crippen LogP contribution in [-0.2, 0) is 16.1 Å². The van der Waals surface area contributed by atoms with Crippen LogP contribution in [0.5, 0.6) is 5.75 Å². The summed E-state index contributed by atoms with van der Waals surface area (Å²) in [5.41, 5.74) is 17.0. The summed E-state index contributed by atoms with van der Waals surface area (Å²) in [4.78, 5) is 22.6. The van der Waals surface area contributed by atoms with Gasteiger partial charge in [-0.2, -0.15) is 0 Å². The van der Waals surface area contributed by atoms with E-state index in [9.17, 15) is 14.0 Å². The van der Waals surface area contributed by atoms with Crippen molar-refractivity contribution in [1.29, 1.82) is 0 Å². The van der Waals surface area contributed by atoms with Crippen LogP contribution >= 0.6 is 0 Å². The summed E-state index contributed by atoms with van der Waals surface area (Å²) < 4.78 is 24.4. The van der Waals surface area contributed by atoms with Crippen LogP contribution in [0, 0.1) is 11.7 Å². The summed E-state index contributed by atoms with van der Waals surface area (Å²) in [6.07, 6.45) is 1.81. The molecule has 0 saturated carbocycles. The fraction of sp³-hybridized carbons (Fsp3) is 0.364. The zero-order chi connectivity index (χ0) is 22.2. The van der Waals surface area contributed by atoms with E-state index in [4.69, 9.17) is 20.9 Å². The first kappa shape index (κ1) is 22.5. The van der Waals surface area contributed by atoms with E-state index < -0.39 is 5.91 Å². The van der Waals surface area contributed by atoms with Crippen molar-refractivity contribution < 1.29 is 23.5 Å². The summed E-state index contributed by atoms with van der Waals surface area (Å²) in [5.74, 6) is -0.240. The van der Waals surface area contributed by atoms with Crippen molar-refractivity contribution in [2.24, 2.45) is 11.7 Å². The van der Waals surface area contributed by atoms with Crippen molar-refractivity contribution in [3.63, 3.8) is 0 Å². The Bertz CT molecular complexity index is 903. The monoisotopic (exact) mass is 430 g/mol. The number of carbonyl (C=O) groups excluding carboxylic acids is 2. The molecule has 1 aliphatic heterocycles. The molecule has 0 bridgehead atoms. The lowest BCUT2D eigenvalue weighted by Crippen LogP contribution is -2.39. The standard InChI is InChI=1S/C22H27FN4O4/c23-18-5-3-15(4-6-18)11-26-27(7-1-2-8-28)21-19(24)9-17(22(25)29)10-20(21)31-14-16-12-30-13-16/h3-6,8-10,16,26H,1-2,7,11-14,24H2,(H2,25,29). The van der Waals surface area contributed by atoms with Crippen LogP contribution in [0.2, 0.25) is 0 Å². The first-order valence-electron chi connectivity index (χ1n) is 10.1. The number of nitrogens with zero attached hydrogens (tertiary/aromatic N) is 1. The fourth-order valence-corrected chi connectivity index (χ4v) is 3.15. The summed E-state index contributed by atoms with van der Waals surface area (Å²) in [6.45, 7) is 2.50. The lowest BCUT2D eigenvalue weighted by atomic mass is 10.1. The number of hydrogen-bond donors (Lipinski definition) is 3. The second-order valence-electron chi connectivity index (χ2n) is 7.41. The summed E-state index contributed by atoms with van der Waals surface area (Å²) in [6, 6.07) is 9.21. The molecule has 5 N–H and O–H groups in total. The number of anilines is 2. The number of aldehydes is 1. The Morgan fingerprint density at radius 2 is 2.03 bits per heavy atom. The highest BCUT2D eigenvalue weighted by molar-refractivity contribution is 5.96. The number of benzene rings is 2. The van der Waals surface area contributed by atoms with Gasteiger partial charge in [0.25, 0.3) is 0 Å². The van der Waals surface area contributed by atoms with E-state index in [0.717, 1.165) is 11.8 Å². The van der Waals surface area contributed by atoms with Crippen molar-refractivity contribution in [1.82, 2.24) is 5.43 Å². The average Bonchev–Trinajstić information content (AvgIpc) is 2.71. The minimum Gasteiger partial charge on any atom is -0.491 e. The molecule has 166 valence electrons. The zero-order valence-electron chi connectivity index (χ0n) is 17.2. The van der Waals surface area contributed by atoms with Gasteiger partial charge in [0.05, 0.1) is 25.5 Å². The molecule has 1 saturated heterocycles. The topological polar surface area (TPSA) is 120 Å². The van der Waals surface area contributed by atoms with E-state index in [2.05, 4.69) is 5.43 Å².